The second-order valence-electron chi connectivity index (χ2n) is 20.9. The first-order chi connectivity index (χ1) is 34.0. The lowest BCUT2D eigenvalue weighted by molar-refractivity contribution is -0.151. The molecule has 0 aromatic rings. The number of ether oxygens (including phenoxy) is 1. The van der Waals surface area contributed by atoms with Gasteiger partial charge in [-0.15, -0.1) is 0 Å². The van der Waals surface area contributed by atoms with Crippen molar-refractivity contribution in [3.63, 3.8) is 0 Å². The minimum Gasteiger partial charge on any atom is -0.462 e. The van der Waals surface area contributed by atoms with Crippen LogP contribution in [-0.2, 0) is 14.3 Å². The van der Waals surface area contributed by atoms with Crippen molar-refractivity contribution in [2.75, 3.05) is 6.61 Å². The maximum atomic E-state index is 13.3. The zero-order valence-corrected chi connectivity index (χ0v) is 46.2. The fourth-order valence-corrected chi connectivity index (χ4v) is 9.39. The summed E-state index contributed by atoms with van der Waals surface area (Å²) in [4.78, 5) is 26.3. The van der Waals surface area contributed by atoms with Gasteiger partial charge in [-0.2, -0.15) is 0 Å². The lowest BCUT2D eigenvalue weighted by Crippen LogP contribution is -2.46. The maximum absolute atomic E-state index is 13.3. The van der Waals surface area contributed by atoms with Crippen LogP contribution in [0.4, 0.5) is 0 Å². The van der Waals surface area contributed by atoms with Crippen molar-refractivity contribution >= 4 is 11.9 Å². The van der Waals surface area contributed by atoms with E-state index in [-0.39, 0.29) is 24.9 Å². The molecule has 0 bridgehead atoms. The minimum absolute atomic E-state index is 0.0714. The van der Waals surface area contributed by atoms with E-state index in [2.05, 4.69) is 74.7 Å². The summed E-state index contributed by atoms with van der Waals surface area (Å²) in [5.74, 6) is -0.483. The summed E-state index contributed by atoms with van der Waals surface area (Å²) >= 11 is 0. The molecule has 404 valence electrons. The summed E-state index contributed by atoms with van der Waals surface area (Å²) in [7, 11) is 0. The average Bonchev–Trinajstić information content (AvgIpc) is 3.34. The summed E-state index contributed by atoms with van der Waals surface area (Å²) in [6.45, 7) is 6.49. The molecular formula is C63H117NO5. The molecule has 6 nitrogen and oxygen atoms in total. The van der Waals surface area contributed by atoms with Crippen LogP contribution in [0.15, 0.2) is 48.6 Å². The van der Waals surface area contributed by atoms with Crippen LogP contribution in [0.3, 0.4) is 0 Å². The first-order valence-corrected chi connectivity index (χ1v) is 30.4. The van der Waals surface area contributed by atoms with E-state index in [4.69, 9.17) is 4.74 Å². The van der Waals surface area contributed by atoms with Crippen molar-refractivity contribution in [2.24, 2.45) is 0 Å². The van der Waals surface area contributed by atoms with Gasteiger partial charge >= 0.3 is 5.97 Å². The van der Waals surface area contributed by atoms with Gasteiger partial charge in [0, 0.05) is 6.42 Å². The first-order valence-electron chi connectivity index (χ1n) is 30.4. The van der Waals surface area contributed by atoms with Gasteiger partial charge in [-0.25, -0.2) is 0 Å². The summed E-state index contributed by atoms with van der Waals surface area (Å²) in [6.07, 6.45) is 70.3. The van der Waals surface area contributed by atoms with Crippen molar-refractivity contribution < 1.29 is 24.5 Å². The second kappa shape index (κ2) is 56.7. The lowest BCUT2D eigenvalue weighted by atomic mass is 10.0. The van der Waals surface area contributed by atoms with E-state index < -0.39 is 18.2 Å². The Morgan fingerprint density at radius 3 is 1.14 bits per heavy atom. The third-order valence-corrected chi connectivity index (χ3v) is 14.0. The van der Waals surface area contributed by atoms with Crippen LogP contribution in [0.5, 0.6) is 0 Å². The number of hydrogen-bond acceptors (Lipinski definition) is 5. The molecule has 6 heteroatoms. The standard InChI is InChI=1S/C63H117NO5/c1-4-7-10-13-16-19-22-25-28-30-32-35-38-41-44-47-50-53-56-63(68)69-59(54-51-48-45-42-39-36-34-31-29-26-23-20-17-14-11-8-5-2)57-62(67)64-60(58-65)61(66)55-52-49-46-43-40-37-33-27-24-21-18-15-12-9-6-3/h16,19,22,25,28,30,32,35,59-61,65-66H,4-15,17-18,20-21,23-24,26-27,29,31,33-34,36-58H2,1-3H3,(H,64,67)/b19-16+,25-22+,30-28+,35-32+. The number of hydrogen-bond donors (Lipinski definition) is 3. The van der Waals surface area contributed by atoms with Gasteiger partial charge in [0.2, 0.25) is 5.91 Å². The van der Waals surface area contributed by atoms with Crippen molar-refractivity contribution in [3.05, 3.63) is 48.6 Å². The molecule has 69 heavy (non-hydrogen) atoms. The van der Waals surface area contributed by atoms with Gasteiger partial charge in [0.15, 0.2) is 0 Å². The average molecular weight is 969 g/mol. The van der Waals surface area contributed by atoms with E-state index in [0.29, 0.717) is 19.3 Å². The third-order valence-electron chi connectivity index (χ3n) is 14.0. The van der Waals surface area contributed by atoms with E-state index in [0.717, 1.165) is 70.6 Å². The predicted octanol–water partition coefficient (Wildman–Crippen LogP) is 19.0. The molecule has 0 radical (unpaired) electrons. The Labute approximate surface area is 429 Å². The molecule has 3 unspecified atom stereocenters. The van der Waals surface area contributed by atoms with E-state index in [1.54, 1.807) is 0 Å². The number of aliphatic hydroxyl groups is 2. The Hall–Kier alpha value is -2.18. The smallest absolute Gasteiger partial charge is 0.306 e. The number of rotatable bonds is 55. The molecule has 0 aliphatic heterocycles. The van der Waals surface area contributed by atoms with Gasteiger partial charge in [-0.3, -0.25) is 9.59 Å². The number of allylic oxidation sites excluding steroid dienone is 8. The Balaban J connectivity index is 4.58. The van der Waals surface area contributed by atoms with Gasteiger partial charge in [0.1, 0.15) is 6.10 Å². The zero-order chi connectivity index (χ0) is 50.2. The van der Waals surface area contributed by atoms with Crippen LogP contribution >= 0.6 is 0 Å². The van der Waals surface area contributed by atoms with Crippen LogP contribution in [0.25, 0.3) is 0 Å². The fourth-order valence-electron chi connectivity index (χ4n) is 9.39. The molecule has 0 aliphatic rings. The maximum Gasteiger partial charge on any atom is 0.306 e. The number of unbranched alkanes of at least 4 members (excludes halogenated alkanes) is 38. The van der Waals surface area contributed by atoms with Crippen molar-refractivity contribution in [1.82, 2.24) is 5.32 Å². The highest BCUT2D eigenvalue weighted by molar-refractivity contribution is 5.77. The van der Waals surface area contributed by atoms with Crippen LogP contribution in [-0.4, -0.2) is 46.9 Å². The highest BCUT2D eigenvalue weighted by Crippen LogP contribution is 2.19. The quantitative estimate of drug-likeness (QED) is 0.0321. The largest absolute Gasteiger partial charge is 0.462 e. The molecule has 3 atom stereocenters. The summed E-state index contributed by atoms with van der Waals surface area (Å²) in [5.41, 5.74) is 0. The second-order valence-corrected chi connectivity index (χ2v) is 20.9. The van der Waals surface area contributed by atoms with E-state index >= 15 is 0 Å². The zero-order valence-electron chi connectivity index (χ0n) is 46.2. The molecule has 0 heterocycles. The minimum atomic E-state index is -0.792. The van der Waals surface area contributed by atoms with Gasteiger partial charge < -0.3 is 20.3 Å². The molecular weight excluding hydrogens is 851 g/mol. The molecule has 0 aliphatic carbocycles. The van der Waals surface area contributed by atoms with E-state index in [9.17, 15) is 19.8 Å². The van der Waals surface area contributed by atoms with Crippen LogP contribution in [0.2, 0.25) is 0 Å². The van der Waals surface area contributed by atoms with E-state index in [1.165, 1.54) is 199 Å². The van der Waals surface area contributed by atoms with Crippen LogP contribution in [0, 0.1) is 0 Å². The number of nitrogens with one attached hydrogen (secondary N) is 1. The summed E-state index contributed by atoms with van der Waals surface area (Å²) < 4.78 is 5.97. The SMILES string of the molecule is CCCCC/C=C/C=C/C=C/C=C/CCCCCCCC(=O)OC(CCCCCCCCCCCCCCCCCCC)CC(=O)NC(CO)C(O)CCCCCCCCCCCCCCCCC. The van der Waals surface area contributed by atoms with Gasteiger partial charge in [-0.05, 0) is 51.4 Å². The van der Waals surface area contributed by atoms with Crippen LogP contribution < -0.4 is 5.32 Å². The molecule has 0 aromatic heterocycles. The third kappa shape index (κ3) is 52.0. The monoisotopic (exact) mass is 968 g/mol. The Kier molecular flexibility index (Phi) is 54.9. The number of esters is 1. The molecule has 0 spiro atoms. The van der Waals surface area contributed by atoms with Gasteiger partial charge in [0.25, 0.3) is 0 Å². The number of carbonyl (C=O) groups excluding carboxylic acids is 2. The first kappa shape index (κ1) is 66.8. The highest BCUT2D eigenvalue weighted by Gasteiger charge is 2.24. The van der Waals surface area contributed by atoms with Crippen molar-refractivity contribution in [1.29, 1.82) is 0 Å². The predicted molar refractivity (Wildman–Crippen MR) is 301 cm³/mol. The van der Waals surface area contributed by atoms with Crippen LogP contribution in [0.1, 0.15) is 316 Å². The van der Waals surface area contributed by atoms with E-state index in [1.807, 2.05) is 0 Å². The number of amides is 1. The van der Waals surface area contributed by atoms with Gasteiger partial charge in [-0.1, -0.05) is 301 Å². The Bertz CT molecular complexity index is 1180. The highest BCUT2D eigenvalue weighted by atomic mass is 16.5. The molecule has 1 amide bonds. The van der Waals surface area contributed by atoms with Crippen molar-refractivity contribution in [2.45, 2.75) is 334 Å². The topological polar surface area (TPSA) is 95.9 Å². The fraction of sp³-hybridized carbons (Fsp3) is 0.841. The number of aliphatic hydroxyl groups excluding tert-OH is 2. The normalized spacial score (nSPS) is 13.4. The molecule has 0 rings (SSSR count). The lowest BCUT2D eigenvalue weighted by Gasteiger charge is -2.24. The molecule has 3 N–H and O–H groups in total. The molecule has 0 saturated carbocycles. The summed E-state index contributed by atoms with van der Waals surface area (Å²) in [6, 6.07) is -0.706. The molecule has 0 aromatic carbocycles. The Morgan fingerprint density at radius 2 is 0.739 bits per heavy atom. The Morgan fingerprint density at radius 1 is 0.420 bits per heavy atom. The van der Waals surface area contributed by atoms with Gasteiger partial charge in [0.05, 0.1) is 25.2 Å². The van der Waals surface area contributed by atoms with Crippen molar-refractivity contribution in [3.8, 4) is 0 Å². The molecule has 0 saturated heterocycles. The summed E-state index contributed by atoms with van der Waals surface area (Å²) in [5, 5.41) is 23.9. The number of carbonyl (C=O) groups is 2. The molecule has 0 fully saturated rings.